The fraction of sp³-hybridized carbons (Fsp3) is 0.350. The standard InChI is InChI=1S/C20H19FN6O5S/c1-9(17(28)29)22-18(30)25-19-23-13-6-12-7-31-8-14(15(13)33-19)27(12)20-24-16(26-32-20)10-2-4-11(21)5-3-10/h2-5,9,12,14H,6-8H2,1H3,(H,28,29)(H2,22,23,25,30)/t9-,12+,14+/m1/s1. The van der Waals surface area contributed by atoms with Crippen LogP contribution in [0.3, 0.4) is 0 Å². The number of thiazole rings is 1. The zero-order chi connectivity index (χ0) is 23.1. The number of anilines is 2. The van der Waals surface area contributed by atoms with Crippen molar-refractivity contribution < 1.29 is 28.3 Å². The highest BCUT2D eigenvalue weighted by Crippen LogP contribution is 2.43. The zero-order valence-electron chi connectivity index (χ0n) is 17.3. The molecule has 2 aliphatic heterocycles. The predicted molar refractivity (Wildman–Crippen MR) is 115 cm³/mol. The molecule has 0 unspecified atom stereocenters. The maximum Gasteiger partial charge on any atom is 0.325 e. The number of hydrogen-bond acceptors (Lipinski definition) is 9. The molecule has 33 heavy (non-hydrogen) atoms. The van der Waals surface area contributed by atoms with Crippen molar-refractivity contribution in [3.8, 4) is 11.4 Å². The maximum absolute atomic E-state index is 13.2. The number of urea groups is 1. The summed E-state index contributed by atoms with van der Waals surface area (Å²) in [5, 5.41) is 18.3. The molecule has 2 amide bonds. The lowest BCUT2D eigenvalue weighted by Crippen LogP contribution is -2.51. The van der Waals surface area contributed by atoms with Crippen LogP contribution >= 0.6 is 11.3 Å². The Balaban J connectivity index is 1.37. The van der Waals surface area contributed by atoms with Crippen LogP contribution in [0.25, 0.3) is 11.4 Å². The first-order valence-electron chi connectivity index (χ1n) is 10.1. The number of carboxylic acids is 1. The van der Waals surface area contributed by atoms with Crippen LogP contribution in [0.1, 0.15) is 23.5 Å². The molecule has 5 rings (SSSR count). The molecule has 2 bridgehead atoms. The molecule has 2 aliphatic rings. The van der Waals surface area contributed by atoms with E-state index in [0.717, 1.165) is 10.6 Å². The van der Waals surface area contributed by atoms with Gasteiger partial charge < -0.3 is 24.6 Å². The fourth-order valence-corrected chi connectivity index (χ4v) is 4.93. The highest BCUT2D eigenvalue weighted by Gasteiger charge is 2.43. The highest BCUT2D eigenvalue weighted by atomic mass is 32.1. The van der Waals surface area contributed by atoms with Crippen LogP contribution in [0, 0.1) is 5.82 Å². The number of aliphatic carboxylic acids is 1. The first-order chi connectivity index (χ1) is 15.9. The summed E-state index contributed by atoms with van der Waals surface area (Å²) < 4.78 is 24.5. The van der Waals surface area contributed by atoms with Gasteiger partial charge in [-0.2, -0.15) is 4.98 Å². The van der Waals surface area contributed by atoms with Gasteiger partial charge in [0.15, 0.2) is 5.13 Å². The normalized spacial score (nSPS) is 20.1. The minimum atomic E-state index is -1.13. The van der Waals surface area contributed by atoms with E-state index in [4.69, 9.17) is 14.4 Å². The number of morpholine rings is 1. The summed E-state index contributed by atoms with van der Waals surface area (Å²) in [7, 11) is 0. The molecule has 1 saturated heterocycles. The average molecular weight is 474 g/mol. The number of hydrogen-bond donors (Lipinski definition) is 3. The number of amides is 2. The monoisotopic (exact) mass is 474 g/mol. The Morgan fingerprint density at radius 1 is 1.27 bits per heavy atom. The van der Waals surface area contributed by atoms with Crippen molar-refractivity contribution in [1.82, 2.24) is 20.4 Å². The number of halogens is 1. The van der Waals surface area contributed by atoms with Gasteiger partial charge in [-0.1, -0.05) is 16.5 Å². The van der Waals surface area contributed by atoms with Crippen molar-refractivity contribution in [3.63, 3.8) is 0 Å². The molecule has 4 heterocycles. The van der Waals surface area contributed by atoms with Crippen LogP contribution < -0.4 is 15.5 Å². The molecule has 172 valence electrons. The molecule has 1 aromatic carbocycles. The van der Waals surface area contributed by atoms with Gasteiger partial charge in [-0.3, -0.25) is 10.1 Å². The third-order valence-electron chi connectivity index (χ3n) is 5.45. The lowest BCUT2D eigenvalue weighted by molar-refractivity contribution is -0.138. The van der Waals surface area contributed by atoms with E-state index < -0.39 is 18.0 Å². The molecule has 11 nitrogen and oxygen atoms in total. The largest absolute Gasteiger partial charge is 0.480 e. The molecular weight excluding hydrogens is 455 g/mol. The first kappa shape index (κ1) is 21.3. The fourth-order valence-electron chi connectivity index (χ4n) is 3.85. The minimum Gasteiger partial charge on any atom is -0.480 e. The molecule has 1 fully saturated rings. The Kier molecular flexibility index (Phi) is 5.42. The highest BCUT2D eigenvalue weighted by molar-refractivity contribution is 7.16. The lowest BCUT2D eigenvalue weighted by atomic mass is 9.97. The summed E-state index contributed by atoms with van der Waals surface area (Å²) >= 11 is 1.29. The molecule has 13 heteroatoms. The lowest BCUT2D eigenvalue weighted by Gasteiger charge is -2.43. The van der Waals surface area contributed by atoms with Gasteiger partial charge in [0.05, 0.1) is 35.9 Å². The molecule has 0 saturated carbocycles. The topological polar surface area (TPSA) is 143 Å². The van der Waals surface area contributed by atoms with Gasteiger partial charge in [-0.25, -0.2) is 14.2 Å². The van der Waals surface area contributed by atoms with E-state index in [1.807, 2.05) is 4.90 Å². The summed E-state index contributed by atoms with van der Waals surface area (Å²) in [6, 6.07) is 4.16. The second kappa shape index (κ2) is 8.41. The van der Waals surface area contributed by atoms with Crippen molar-refractivity contribution in [2.75, 3.05) is 23.4 Å². The summed E-state index contributed by atoms with van der Waals surface area (Å²) in [5.41, 5.74) is 1.48. The predicted octanol–water partition coefficient (Wildman–Crippen LogP) is 2.43. The minimum absolute atomic E-state index is 0.0893. The summed E-state index contributed by atoms with van der Waals surface area (Å²) in [4.78, 5) is 35.0. The molecule has 0 aliphatic carbocycles. The SMILES string of the molecule is C[C@@H](NC(=O)Nc1nc2c(s1)[C@@H]1COC[C@H](C2)N1c1nc(-c2ccc(F)cc2)no1)C(=O)O. The second-order valence-electron chi connectivity index (χ2n) is 7.71. The molecule has 3 aromatic rings. The number of carbonyl (C=O) groups is 2. The van der Waals surface area contributed by atoms with Crippen molar-refractivity contribution in [2.45, 2.75) is 31.5 Å². The average Bonchev–Trinajstić information content (AvgIpc) is 3.41. The number of nitrogens with zero attached hydrogens (tertiary/aromatic N) is 4. The smallest absolute Gasteiger partial charge is 0.325 e. The number of nitrogens with one attached hydrogen (secondary N) is 2. The van der Waals surface area contributed by atoms with E-state index >= 15 is 0 Å². The number of ether oxygens (including phenoxy) is 1. The third kappa shape index (κ3) is 4.12. The number of fused-ring (bicyclic) bond motifs is 4. The third-order valence-corrected chi connectivity index (χ3v) is 6.57. The quantitative estimate of drug-likeness (QED) is 0.508. The van der Waals surface area contributed by atoms with E-state index in [1.54, 1.807) is 12.1 Å². The number of benzene rings is 1. The van der Waals surface area contributed by atoms with Crippen molar-refractivity contribution >= 4 is 34.5 Å². The van der Waals surface area contributed by atoms with Gasteiger partial charge in [-0.15, -0.1) is 0 Å². The van der Waals surface area contributed by atoms with E-state index in [9.17, 15) is 14.0 Å². The van der Waals surface area contributed by atoms with Crippen molar-refractivity contribution in [2.24, 2.45) is 0 Å². The Hall–Kier alpha value is -3.58. The molecule has 3 N–H and O–H groups in total. The van der Waals surface area contributed by atoms with Crippen LogP contribution in [-0.2, 0) is 16.0 Å². The van der Waals surface area contributed by atoms with Crippen LogP contribution in [0.4, 0.5) is 20.3 Å². The van der Waals surface area contributed by atoms with Crippen LogP contribution in [-0.4, -0.2) is 57.5 Å². The second-order valence-corrected chi connectivity index (χ2v) is 8.74. The molecule has 2 aromatic heterocycles. The van der Waals surface area contributed by atoms with Gasteiger partial charge in [0.1, 0.15) is 11.9 Å². The van der Waals surface area contributed by atoms with E-state index in [0.29, 0.717) is 42.2 Å². The van der Waals surface area contributed by atoms with Gasteiger partial charge in [0.2, 0.25) is 5.82 Å². The van der Waals surface area contributed by atoms with Gasteiger partial charge in [-0.05, 0) is 31.2 Å². The summed E-state index contributed by atoms with van der Waals surface area (Å²) in [6.45, 7) is 2.19. The number of aromatic nitrogens is 3. The zero-order valence-corrected chi connectivity index (χ0v) is 18.1. The number of rotatable bonds is 5. The Bertz CT molecular complexity index is 1200. The van der Waals surface area contributed by atoms with Crippen LogP contribution in [0.5, 0.6) is 0 Å². The van der Waals surface area contributed by atoms with Crippen LogP contribution in [0.2, 0.25) is 0 Å². The number of carbonyl (C=O) groups excluding carboxylic acids is 1. The van der Waals surface area contributed by atoms with Crippen LogP contribution in [0.15, 0.2) is 28.8 Å². The summed E-state index contributed by atoms with van der Waals surface area (Å²) in [5.74, 6) is -1.13. The molecular formula is C20H19FN6O5S. The summed E-state index contributed by atoms with van der Waals surface area (Å²) in [6.07, 6.45) is 0.547. The molecule has 0 radical (unpaired) electrons. The molecule has 0 spiro atoms. The van der Waals surface area contributed by atoms with Crippen molar-refractivity contribution in [1.29, 1.82) is 0 Å². The Labute approximate surface area is 190 Å². The van der Waals surface area contributed by atoms with E-state index in [2.05, 4.69) is 25.8 Å². The molecule has 3 atom stereocenters. The van der Waals surface area contributed by atoms with Gasteiger partial charge in [0.25, 0.3) is 0 Å². The van der Waals surface area contributed by atoms with Gasteiger partial charge in [0, 0.05) is 12.0 Å². The first-order valence-corrected chi connectivity index (χ1v) is 11.0. The van der Waals surface area contributed by atoms with E-state index in [1.165, 1.54) is 30.4 Å². The number of carboxylic acid groups (broad SMARTS) is 1. The van der Waals surface area contributed by atoms with E-state index in [-0.39, 0.29) is 17.9 Å². The maximum atomic E-state index is 13.2. The van der Waals surface area contributed by atoms with Gasteiger partial charge >= 0.3 is 18.0 Å². The van der Waals surface area contributed by atoms with Crippen molar-refractivity contribution in [3.05, 3.63) is 40.7 Å². The Morgan fingerprint density at radius 3 is 2.82 bits per heavy atom. The Morgan fingerprint density at radius 2 is 2.06 bits per heavy atom.